The zero-order chi connectivity index (χ0) is 11.9. The Morgan fingerprint density at radius 1 is 0.941 bits per heavy atom. The van der Waals surface area contributed by atoms with Gasteiger partial charge in [-0.15, -0.1) is 0 Å². The summed E-state index contributed by atoms with van der Waals surface area (Å²) in [6.07, 6.45) is 10.1. The Morgan fingerprint density at radius 2 is 1.41 bits per heavy atom. The van der Waals surface area contributed by atoms with E-state index in [4.69, 9.17) is 5.73 Å². The van der Waals surface area contributed by atoms with Gasteiger partial charge in [-0.1, -0.05) is 12.8 Å². The normalized spacial score (nSPS) is 28.4. The van der Waals surface area contributed by atoms with Gasteiger partial charge in [-0.3, -0.25) is 4.90 Å². The van der Waals surface area contributed by atoms with Gasteiger partial charge in [0.2, 0.25) is 0 Å². The Hall–Kier alpha value is -0.0800. The molecule has 98 valence electrons. The number of rotatable bonds is 8. The van der Waals surface area contributed by atoms with Gasteiger partial charge in [-0.2, -0.15) is 0 Å². The SMILES string of the molecule is CC(CN)(CC1CC1)N(CC1CC1)CC1CC1. The third-order valence-electron chi connectivity index (χ3n) is 4.98. The molecule has 3 aliphatic rings. The van der Waals surface area contributed by atoms with Gasteiger partial charge in [0.1, 0.15) is 0 Å². The summed E-state index contributed by atoms with van der Waals surface area (Å²) in [5.41, 5.74) is 6.43. The molecule has 3 fully saturated rings. The number of hydrogen-bond acceptors (Lipinski definition) is 2. The van der Waals surface area contributed by atoms with Crippen LogP contribution in [0.4, 0.5) is 0 Å². The minimum absolute atomic E-state index is 0.298. The smallest absolute Gasteiger partial charge is 0.0306 e. The number of nitrogens with zero attached hydrogens (tertiary/aromatic N) is 1. The molecule has 0 heterocycles. The van der Waals surface area contributed by atoms with Crippen molar-refractivity contribution in [3.63, 3.8) is 0 Å². The molecule has 0 spiro atoms. The summed E-state index contributed by atoms with van der Waals surface area (Å²) in [5, 5.41) is 0. The minimum Gasteiger partial charge on any atom is -0.329 e. The first-order valence-electron chi connectivity index (χ1n) is 7.65. The third-order valence-corrected chi connectivity index (χ3v) is 4.98. The Balaban J connectivity index is 1.62. The molecule has 2 nitrogen and oxygen atoms in total. The van der Waals surface area contributed by atoms with Gasteiger partial charge in [0.05, 0.1) is 0 Å². The van der Waals surface area contributed by atoms with Crippen molar-refractivity contribution < 1.29 is 0 Å². The molecule has 0 aromatic carbocycles. The third kappa shape index (κ3) is 3.23. The van der Waals surface area contributed by atoms with Crippen LogP contribution in [0, 0.1) is 17.8 Å². The van der Waals surface area contributed by atoms with E-state index >= 15 is 0 Å². The fourth-order valence-corrected chi connectivity index (χ4v) is 3.02. The van der Waals surface area contributed by atoms with Gasteiger partial charge in [-0.05, 0) is 56.8 Å². The predicted octanol–water partition coefficient (Wildman–Crippen LogP) is 2.63. The van der Waals surface area contributed by atoms with E-state index in [1.54, 1.807) is 0 Å². The average molecular weight is 236 g/mol. The Kier molecular flexibility index (Phi) is 3.20. The summed E-state index contributed by atoms with van der Waals surface area (Å²) in [6.45, 7) is 5.94. The van der Waals surface area contributed by atoms with Crippen LogP contribution in [0.1, 0.15) is 51.9 Å². The maximum Gasteiger partial charge on any atom is 0.0306 e. The fraction of sp³-hybridized carbons (Fsp3) is 1.00. The van der Waals surface area contributed by atoms with Crippen LogP contribution in [-0.2, 0) is 0 Å². The molecule has 2 heteroatoms. The van der Waals surface area contributed by atoms with Crippen molar-refractivity contribution in [3.8, 4) is 0 Å². The van der Waals surface area contributed by atoms with Gasteiger partial charge >= 0.3 is 0 Å². The summed E-state index contributed by atoms with van der Waals surface area (Å²) in [4.78, 5) is 2.78. The molecule has 0 saturated heterocycles. The molecule has 3 rings (SSSR count). The Morgan fingerprint density at radius 3 is 1.76 bits per heavy atom. The Bertz CT molecular complexity index is 252. The van der Waals surface area contributed by atoms with E-state index in [-0.39, 0.29) is 0 Å². The molecular formula is C15H28N2. The summed E-state index contributed by atoms with van der Waals surface area (Å²) in [7, 11) is 0. The summed E-state index contributed by atoms with van der Waals surface area (Å²) >= 11 is 0. The molecule has 0 amide bonds. The molecular weight excluding hydrogens is 208 g/mol. The van der Waals surface area contributed by atoms with Gasteiger partial charge in [0, 0.05) is 25.2 Å². The van der Waals surface area contributed by atoms with E-state index in [1.807, 2.05) is 0 Å². The molecule has 17 heavy (non-hydrogen) atoms. The van der Waals surface area contributed by atoms with E-state index in [2.05, 4.69) is 11.8 Å². The van der Waals surface area contributed by atoms with Crippen molar-refractivity contribution in [3.05, 3.63) is 0 Å². The van der Waals surface area contributed by atoms with Crippen LogP contribution in [0.15, 0.2) is 0 Å². The van der Waals surface area contributed by atoms with E-state index < -0.39 is 0 Å². The van der Waals surface area contributed by atoms with Crippen molar-refractivity contribution in [2.45, 2.75) is 57.4 Å². The highest BCUT2D eigenvalue weighted by Gasteiger charge is 2.41. The number of nitrogens with two attached hydrogens (primary N) is 1. The van der Waals surface area contributed by atoms with Gasteiger partial charge in [0.25, 0.3) is 0 Å². The highest BCUT2D eigenvalue weighted by Crippen LogP contribution is 2.42. The molecule has 0 aromatic rings. The first kappa shape index (κ1) is 12.0. The maximum absolute atomic E-state index is 6.13. The van der Waals surface area contributed by atoms with Crippen LogP contribution >= 0.6 is 0 Å². The van der Waals surface area contributed by atoms with E-state index in [9.17, 15) is 0 Å². The monoisotopic (exact) mass is 236 g/mol. The van der Waals surface area contributed by atoms with E-state index in [1.165, 1.54) is 58.0 Å². The lowest BCUT2D eigenvalue weighted by molar-refractivity contribution is 0.0846. The van der Waals surface area contributed by atoms with Gasteiger partial charge < -0.3 is 5.73 Å². The van der Waals surface area contributed by atoms with Crippen LogP contribution in [0.3, 0.4) is 0 Å². The molecule has 0 aromatic heterocycles. The summed E-state index contributed by atoms with van der Waals surface area (Å²) in [6, 6.07) is 0. The van der Waals surface area contributed by atoms with Crippen molar-refractivity contribution in [1.29, 1.82) is 0 Å². The second-order valence-corrected chi connectivity index (χ2v) is 7.14. The highest BCUT2D eigenvalue weighted by molar-refractivity contribution is 4.96. The van der Waals surface area contributed by atoms with Crippen LogP contribution in [0.2, 0.25) is 0 Å². The highest BCUT2D eigenvalue weighted by atomic mass is 15.2. The van der Waals surface area contributed by atoms with Crippen molar-refractivity contribution >= 4 is 0 Å². The average Bonchev–Trinajstić information content (AvgIpc) is 3.10. The fourth-order valence-electron chi connectivity index (χ4n) is 3.02. The maximum atomic E-state index is 6.13. The lowest BCUT2D eigenvalue weighted by Gasteiger charge is -2.41. The van der Waals surface area contributed by atoms with E-state index in [0.29, 0.717) is 5.54 Å². The van der Waals surface area contributed by atoms with Gasteiger partial charge in [0.15, 0.2) is 0 Å². The topological polar surface area (TPSA) is 29.3 Å². The lowest BCUT2D eigenvalue weighted by Crippen LogP contribution is -2.53. The number of hydrogen-bond donors (Lipinski definition) is 1. The predicted molar refractivity (Wildman–Crippen MR) is 71.8 cm³/mol. The quantitative estimate of drug-likeness (QED) is 0.702. The standard InChI is InChI=1S/C15H28N2/c1-15(11-16,8-12-2-3-12)17(9-13-4-5-13)10-14-6-7-14/h12-14H,2-11,16H2,1H3. The van der Waals surface area contributed by atoms with Crippen molar-refractivity contribution in [1.82, 2.24) is 4.90 Å². The molecule has 1 atom stereocenters. The Labute approximate surface area is 106 Å². The molecule has 3 saturated carbocycles. The second kappa shape index (κ2) is 4.55. The molecule has 0 bridgehead atoms. The largest absolute Gasteiger partial charge is 0.329 e. The van der Waals surface area contributed by atoms with Crippen LogP contribution in [-0.4, -0.2) is 30.1 Å². The van der Waals surface area contributed by atoms with E-state index in [0.717, 1.165) is 24.3 Å². The molecule has 3 aliphatic carbocycles. The van der Waals surface area contributed by atoms with Gasteiger partial charge in [-0.25, -0.2) is 0 Å². The zero-order valence-electron chi connectivity index (χ0n) is 11.3. The zero-order valence-corrected chi connectivity index (χ0v) is 11.3. The minimum atomic E-state index is 0.298. The molecule has 0 radical (unpaired) electrons. The first-order valence-corrected chi connectivity index (χ1v) is 7.65. The van der Waals surface area contributed by atoms with Crippen molar-refractivity contribution in [2.24, 2.45) is 23.5 Å². The second-order valence-electron chi connectivity index (χ2n) is 7.14. The molecule has 2 N–H and O–H groups in total. The molecule has 1 unspecified atom stereocenters. The first-order chi connectivity index (χ1) is 8.19. The van der Waals surface area contributed by atoms with Crippen LogP contribution in [0.5, 0.6) is 0 Å². The summed E-state index contributed by atoms with van der Waals surface area (Å²) < 4.78 is 0. The lowest BCUT2D eigenvalue weighted by atomic mass is 9.91. The van der Waals surface area contributed by atoms with Crippen LogP contribution < -0.4 is 5.73 Å². The van der Waals surface area contributed by atoms with Crippen molar-refractivity contribution in [2.75, 3.05) is 19.6 Å². The summed E-state index contributed by atoms with van der Waals surface area (Å²) in [5.74, 6) is 2.99. The molecule has 0 aliphatic heterocycles. The van der Waals surface area contributed by atoms with Crippen LogP contribution in [0.25, 0.3) is 0 Å².